The molecule has 0 spiro atoms. The van der Waals surface area contributed by atoms with E-state index in [1.807, 2.05) is 11.8 Å². The number of hydrogen-bond acceptors (Lipinski definition) is 2. The van der Waals surface area contributed by atoms with E-state index in [1.54, 1.807) is 0 Å². The number of halogens is 2. The van der Waals surface area contributed by atoms with Gasteiger partial charge in [0.1, 0.15) is 0 Å². The highest BCUT2D eigenvalue weighted by atomic mass is 32.2. The fourth-order valence-corrected chi connectivity index (χ4v) is 2.43. The first-order valence-corrected chi connectivity index (χ1v) is 5.38. The molecule has 12 heavy (non-hydrogen) atoms. The van der Waals surface area contributed by atoms with Crippen LogP contribution in [-0.4, -0.2) is 30.0 Å². The molecule has 0 aromatic rings. The Balaban J connectivity index is 2.07. The Labute approximate surface area is 76.3 Å². The number of alkyl halides is 2. The molecule has 1 heterocycles. The van der Waals surface area contributed by atoms with Crippen LogP contribution in [0.1, 0.15) is 19.8 Å². The summed E-state index contributed by atoms with van der Waals surface area (Å²) < 4.78 is 24.1. The van der Waals surface area contributed by atoms with E-state index in [1.165, 1.54) is 25.5 Å². The molecule has 0 aromatic heterocycles. The van der Waals surface area contributed by atoms with Crippen LogP contribution in [0, 0.1) is 0 Å². The Morgan fingerprint density at radius 1 is 1.58 bits per heavy atom. The molecule has 0 aliphatic carbocycles. The number of thioether (sulfide) groups is 1. The molecule has 0 bridgehead atoms. The van der Waals surface area contributed by atoms with Crippen molar-refractivity contribution >= 4 is 11.8 Å². The molecule has 2 unspecified atom stereocenters. The highest BCUT2D eigenvalue weighted by Gasteiger charge is 2.19. The summed E-state index contributed by atoms with van der Waals surface area (Å²) in [7, 11) is 0. The second kappa shape index (κ2) is 5.02. The van der Waals surface area contributed by atoms with E-state index >= 15 is 0 Å². The van der Waals surface area contributed by atoms with E-state index in [2.05, 4.69) is 5.32 Å². The lowest BCUT2D eigenvalue weighted by Gasteiger charge is -2.15. The van der Waals surface area contributed by atoms with Crippen molar-refractivity contribution in [2.45, 2.75) is 37.5 Å². The van der Waals surface area contributed by atoms with Crippen molar-refractivity contribution in [1.82, 2.24) is 5.32 Å². The summed E-state index contributed by atoms with van der Waals surface area (Å²) in [6.45, 7) is 2.26. The molecule has 0 amide bonds. The molecule has 1 N–H and O–H groups in total. The predicted molar refractivity (Wildman–Crippen MR) is 48.9 cm³/mol. The first-order chi connectivity index (χ1) is 5.70. The molecular formula is C8H15F2NS. The van der Waals surface area contributed by atoms with Crippen molar-refractivity contribution < 1.29 is 8.78 Å². The fraction of sp³-hybridized carbons (Fsp3) is 1.00. The fourth-order valence-electron chi connectivity index (χ4n) is 1.21. The van der Waals surface area contributed by atoms with E-state index in [9.17, 15) is 8.78 Å². The topological polar surface area (TPSA) is 12.0 Å². The Kier molecular flexibility index (Phi) is 4.29. The summed E-state index contributed by atoms with van der Waals surface area (Å²) in [6, 6.07) is -0.661. The van der Waals surface area contributed by atoms with E-state index < -0.39 is 12.5 Å². The third-order valence-corrected chi connectivity index (χ3v) is 3.47. The largest absolute Gasteiger partial charge is 0.308 e. The van der Waals surface area contributed by atoms with E-state index in [0.29, 0.717) is 5.25 Å². The van der Waals surface area contributed by atoms with Gasteiger partial charge >= 0.3 is 0 Å². The van der Waals surface area contributed by atoms with Crippen LogP contribution in [0.4, 0.5) is 8.78 Å². The van der Waals surface area contributed by atoms with Crippen LogP contribution in [0.5, 0.6) is 0 Å². The van der Waals surface area contributed by atoms with Crippen molar-refractivity contribution in [3.63, 3.8) is 0 Å². The van der Waals surface area contributed by atoms with Crippen LogP contribution >= 0.6 is 11.8 Å². The Bertz CT molecular complexity index is 124. The van der Waals surface area contributed by atoms with Gasteiger partial charge in [0.2, 0.25) is 0 Å². The normalized spacial score (nSPS) is 26.5. The van der Waals surface area contributed by atoms with Crippen molar-refractivity contribution in [2.24, 2.45) is 0 Å². The van der Waals surface area contributed by atoms with Gasteiger partial charge in [-0.05, 0) is 25.5 Å². The van der Waals surface area contributed by atoms with Gasteiger partial charge in [-0.3, -0.25) is 0 Å². The van der Waals surface area contributed by atoms with Crippen LogP contribution in [0.3, 0.4) is 0 Å². The second-order valence-electron chi connectivity index (χ2n) is 3.17. The highest BCUT2D eigenvalue weighted by Crippen LogP contribution is 2.25. The summed E-state index contributed by atoms with van der Waals surface area (Å²) in [5.74, 6) is 1.19. The van der Waals surface area contributed by atoms with Crippen molar-refractivity contribution in [3.05, 3.63) is 0 Å². The maximum absolute atomic E-state index is 12.0. The molecular weight excluding hydrogens is 180 g/mol. The molecule has 72 valence electrons. The Morgan fingerprint density at radius 3 is 2.83 bits per heavy atom. The summed E-state index contributed by atoms with van der Waals surface area (Å²) >= 11 is 1.89. The molecule has 1 rings (SSSR count). The quantitative estimate of drug-likeness (QED) is 0.737. The molecule has 1 aliphatic heterocycles. The summed E-state index contributed by atoms with van der Waals surface area (Å²) in [5.41, 5.74) is 0. The molecule has 1 nitrogen and oxygen atoms in total. The first-order valence-electron chi connectivity index (χ1n) is 4.33. The molecule has 1 saturated heterocycles. The maximum Gasteiger partial charge on any atom is 0.253 e. The first kappa shape index (κ1) is 10.3. The lowest BCUT2D eigenvalue weighted by Crippen LogP contribution is -2.36. The second-order valence-corrected chi connectivity index (χ2v) is 4.57. The van der Waals surface area contributed by atoms with Gasteiger partial charge < -0.3 is 5.32 Å². The van der Waals surface area contributed by atoms with Crippen LogP contribution in [0.2, 0.25) is 0 Å². The third kappa shape index (κ3) is 3.27. The van der Waals surface area contributed by atoms with Gasteiger partial charge in [0.05, 0.1) is 6.04 Å². The third-order valence-electron chi connectivity index (χ3n) is 2.07. The molecule has 1 aliphatic rings. The zero-order chi connectivity index (χ0) is 8.97. The zero-order valence-electron chi connectivity index (χ0n) is 7.22. The number of hydrogen-bond donors (Lipinski definition) is 1. The Hall–Kier alpha value is 0.170. The van der Waals surface area contributed by atoms with Gasteiger partial charge in [-0.1, -0.05) is 0 Å². The minimum atomic E-state index is -2.24. The van der Waals surface area contributed by atoms with Crippen LogP contribution < -0.4 is 5.32 Å². The standard InChI is InChI=1S/C8H15F2NS/c1-6(8(9)10)11-5-7-3-2-4-12-7/h6-8,11H,2-5H2,1H3. The maximum atomic E-state index is 12.0. The minimum absolute atomic E-state index is 0.561. The molecule has 0 radical (unpaired) electrons. The molecule has 1 fully saturated rings. The average Bonchev–Trinajstić information content (AvgIpc) is 2.51. The predicted octanol–water partition coefficient (Wildman–Crippen LogP) is 2.13. The van der Waals surface area contributed by atoms with Crippen LogP contribution in [0.15, 0.2) is 0 Å². The van der Waals surface area contributed by atoms with Crippen LogP contribution in [-0.2, 0) is 0 Å². The summed E-state index contributed by atoms with van der Waals surface area (Å²) in [5, 5.41) is 3.41. The average molecular weight is 195 g/mol. The highest BCUT2D eigenvalue weighted by molar-refractivity contribution is 8.00. The summed E-state index contributed by atoms with van der Waals surface area (Å²) in [4.78, 5) is 0. The molecule has 4 heteroatoms. The van der Waals surface area contributed by atoms with Crippen molar-refractivity contribution in [2.75, 3.05) is 12.3 Å². The van der Waals surface area contributed by atoms with E-state index in [0.717, 1.165) is 6.54 Å². The minimum Gasteiger partial charge on any atom is -0.308 e. The van der Waals surface area contributed by atoms with Gasteiger partial charge in [0.25, 0.3) is 6.43 Å². The van der Waals surface area contributed by atoms with Gasteiger partial charge in [0, 0.05) is 11.8 Å². The van der Waals surface area contributed by atoms with Gasteiger partial charge in [-0.25, -0.2) is 8.78 Å². The van der Waals surface area contributed by atoms with Gasteiger partial charge in [-0.2, -0.15) is 11.8 Å². The lowest BCUT2D eigenvalue weighted by atomic mass is 10.2. The Morgan fingerprint density at radius 2 is 2.33 bits per heavy atom. The van der Waals surface area contributed by atoms with E-state index in [4.69, 9.17) is 0 Å². The zero-order valence-corrected chi connectivity index (χ0v) is 8.04. The SMILES string of the molecule is CC(NCC1CCCS1)C(F)F. The van der Waals surface area contributed by atoms with E-state index in [-0.39, 0.29) is 0 Å². The number of rotatable bonds is 4. The molecule has 0 aromatic carbocycles. The lowest BCUT2D eigenvalue weighted by molar-refractivity contribution is 0.106. The van der Waals surface area contributed by atoms with Crippen molar-refractivity contribution in [3.8, 4) is 0 Å². The molecule has 2 atom stereocenters. The van der Waals surface area contributed by atoms with Crippen molar-refractivity contribution in [1.29, 1.82) is 0 Å². The van der Waals surface area contributed by atoms with Crippen LogP contribution in [0.25, 0.3) is 0 Å². The van der Waals surface area contributed by atoms with Gasteiger partial charge in [-0.15, -0.1) is 0 Å². The van der Waals surface area contributed by atoms with Gasteiger partial charge in [0.15, 0.2) is 0 Å². The summed E-state index contributed by atoms with van der Waals surface area (Å²) in [6.07, 6.45) is 0.171. The monoisotopic (exact) mass is 195 g/mol. The smallest absolute Gasteiger partial charge is 0.253 e. The molecule has 0 saturated carbocycles. The number of nitrogens with one attached hydrogen (secondary N) is 1.